The van der Waals surface area contributed by atoms with E-state index >= 15 is 0 Å². The molecule has 3 aromatic rings. The Morgan fingerprint density at radius 2 is 0.902 bits per heavy atom. The number of piperidine rings is 2. The normalized spacial score (nSPS) is 12.6. The van der Waals surface area contributed by atoms with Crippen molar-refractivity contribution in [2.24, 2.45) is 5.92 Å². The van der Waals surface area contributed by atoms with E-state index in [0.29, 0.717) is 23.7 Å². The summed E-state index contributed by atoms with van der Waals surface area (Å²) in [7, 11) is -2.97. The zero-order valence-corrected chi connectivity index (χ0v) is 43.7. The van der Waals surface area contributed by atoms with Crippen LogP contribution in [0.3, 0.4) is 0 Å². The van der Waals surface area contributed by atoms with Crippen LogP contribution in [0.15, 0.2) is 79.3 Å². The van der Waals surface area contributed by atoms with Crippen LogP contribution in [-0.2, 0) is 14.8 Å². The number of sulfonamides is 1. The fraction of sp³-hybridized carbons (Fsp3) is 0.679. The van der Waals surface area contributed by atoms with Crippen LogP contribution >= 0.6 is 0 Å². The Hall–Kier alpha value is -3.10. The Morgan fingerprint density at radius 1 is 0.508 bits per heavy atom. The second-order valence-corrected chi connectivity index (χ2v) is 17.0. The van der Waals surface area contributed by atoms with Gasteiger partial charge >= 0.3 is 0 Å². The van der Waals surface area contributed by atoms with Crippen LogP contribution in [-0.4, -0.2) is 64.9 Å². The second kappa shape index (κ2) is 47.9. The quantitative estimate of drug-likeness (QED) is 0.246. The van der Waals surface area contributed by atoms with Crippen molar-refractivity contribution in [1.82, 2.24) is 19.2 Å². The maximum Gasteiger partial charge on any atom is 0.225 e. The number of carbonyl (C=O) groups is 1. The van der Waals surface area contributed by atoms with Gasteiger partial charge in [0.25, 0.3) is 0 Å². The monoisotopic (exact) mass is 875 g/mol. The number of carbonyl (C=O) groups excluding carboxylic acids is 1. The molecular formula is C53H102N4O3S. The fourth-order valence-electron chi connectivity index (χ4n) is 5.20. The van der Waals surface area contributed by atoms with Gasteiger partial charge in [-0.25, -0.2) is 12.7 Å². The summed E-state index contributed by atoms with van der Waals surface area (Å²) in [5, 5.41) is -0.268. The molecule has 0 spiro atoms. The molecule has 2 aliphatic heterocycles. The summed E-state index contributed by atoms with van der Waals surface area (Å²) < 4.78 is 24.8. The first-order valence-corrected chi connectivity index (χ1v) is 25.3. The van der Waals surface area contributed by atoms with Gasteiger partial charge in [0.1, 0.15) is 0 Å². The van der Waals surface area contributed by atoms with Crippen molar-refractivity contribution in [2.45, 2.75) is 207 Å². The van der Waals surface area contributed by atoms with E-state index in [2.05, 4.69) is 75.8 Å². The number of likely N-dealkylation sites (tertiary alicyclic amines) is 1. The van der Waals surface area contributed by atoms with Crippen molar-refractivity contribution < 1.29 is 13.2 Å². The van der Waals surface area contributed by atoms with Gasteiger partial charge in [0.2, 0.25) is 15.9 Å². The van der Waals surface area contributed by atoms with E-state index < -0.39 is 10.0 Å². The van der Waals surface area contributed by atoms with E-state index in [-0.39, 0.29) is 18.6 Å². The maximum absolute atomic E-state index is 11.6. The molecular weight excluding hydrogens is 773 g/mol. The summed E-state index contributed by atoms with van der Waals surface area (Å²) >= 11 is 0. The largest absolute Gasteiger partial charge is 0.342 e. The summed E-state index contributed by atoms with van der Waals surface area (Å²) in [6.45, 7) is 43.9. The zero-order chi connectivity index (χ0) is 47.5. The molecule has 2 fully saturated rings. The summed E-state index contributed by atoms with van der Waals surface area (Å²) in [6.07, 6.45) is 12.4. The van der Waals surface area contributed by atoms with Crippen LogP contribution in [0.5, 0.6) is 0 Å². The highest BCUT2D eigenvalue weighted by molar-refractivity contribution is 7.89. The molecule has 2 aromatic heterocycles. The summed E-state index contributed by atoms with van der Waals surface area (Å²) in [5.74, 6) is 2.32. The number of amides is 1. The van der Waals surface area contributed by atoms with Crippen LogP contribution < -0.4 is 0 Å². The lowest BCUT2D eigenvalue weighted by Crippen LogP contribution is -2.39. The first kappa shape index (κ1) is 69.6. The highest BCUT2D eigenvalue weighted by atomic mass is 32.2. The molecule has 8 heteroatoms. The van der Waals surface area contributed by atoms with Gasteiger partial charge in [-0.1, -0.05) is 175 Å². The van der Waals surface area contributed by atoms with Gasteiger partial charge in [0.05, 0.1) is 5.25 Å². The SMILES string of the molecule is C.CC.CC.CC.CC.CC.CC(C)C(=O)N1CCCCC1.CC(C)S(=O)(=O)N1CCCCC1.CC(C)c1ccccc1.CC(C)c1ccccn1.CC(C)c1ccncc1. The number of benzene rings is 1. The smallest absolute Gasteiger partial charge is 0.225 e. The van der Waals surface area contributed by atoms with Gasteiger partial charge in [0, 0.05) is 56.4 Å². The molecule has 0 unspecified atom stereocenters. The predicted octanol–water partition coefficient (Wildman–Crippen LogP) is 15.9. The van der Waals surface area contributed by atoms with Gasteiger partial charge in [-0.15, -0.1) is 0 Å². The minimum Gasteiger partial charge on any atom is -0.342 e. The van der Waals surface area contributed by atoms with E-state index in [0.717, 1.165) is 44.7 Å². The number of pyridine rings is 2. The molecule has 5 rings (SSSR count). The molecule has 0 saturated carbocycles. The highest BCUT2D eigenvalue weighted by Crippen LogP contribution is 2.16. The Bertz CT molecular complexity index is 1270. The lowest BCUT2D eigenvalue weighted by Gasteiger charge is -2.28. The Labute approximate surface area is 382 Å². The molecule has 1 amide bonds. The molecule has 358 valence electrons. The maximum atomic E-state index is 11.6. The molecule has 4 heterocycles. The van der Waals surface area contributed by atoms with Crippen molar-refractivity contribution in [1.29, 1.82) is 0 Å². The second-order valence-electron chi connectivity index (χ2n) is 14.5. The summed E-state index contributed by atoms with van der Waals surface area (Å²) in [5.41, 5.74) is 3.93. The predicted molar refractivity (Wildman–Crippen MR) is 275 cm³/mol. The van der Waals surface area contributed by atoms with Crippen LogP contribution in [0, 0.1) is 5.92 Å². The van der Waals surface area contributed by atoms with Crippen LogP contribution in [0.2, 0.25) is 0 Å². The van der Waals surface area contributed by atoms with E-state index in [4.69, 9.17) is 0 Å². The third-order valence-corrected chi connectivity index (χ3v) is 10.8. The third-order valence-electron chi connectivity index (χ3n) is 8.55. The highest BCUT2D eigenvalue weighted by Gasteiger charge is 2.26. The average molecular weight is 875 g/mol. The van der Waals surface area contributed by atoms with Gasteiger partial charge in [-0.2, -0.15) is 0 Å². The minimum absolute atomic E-state index is 0. The third kappa shape index (κ3) is 36.1. The molecule has 2 saturated heterocycles. The Balaban J connectivity index is -0.000000147. The van der Waals surface area contributed by atoms with E-state index in [1.807, 2.05) is 143 Å². The average Bonchev–Trinajstić information content (AvgIpc) is 3.31. The Kier molecular flexibility index (Phi) is 54.7. The number of hydrogen-bond donors (Lipinski definition) is 0. The number of hydrogen-bond acceptors (Lipinski definition) is 5. The first-order valence-electron chi connectivity index (χ1n) is 23.8. The number of aromatic nitrogens is 2. The lowest BCUT2D eigenvalue weighted by atomic mass is 10.0. The molecule has 7 nitrogen and oxygen atoms in total. The molecule has 2 aliphatic rings. The van der Waals surface area contributed by atoms with Gasteiger partial charge in [-0.3, -0.25) is 14.8 Å². The van der Waals surface area contributed by atoms with Crippen molar-refractivity contribution in [3.63, 3.8) is 0 Å². The standard InChI is InChI=1S/C9H17NO.C9H12.C8H17NO2S.2C8H11N.5C2H6.CH4/c1-8(2)9(11)10-6-4-3-5-7-10;1-8(2)9-6-4-3-5-7-9;1-8(2)12(10,11)9-6-4-3-5-7-9;1-7(2)8-3-5-9-6-4-8;1-7(2)8-5-3-4-6-9-8;5*1-2;/h8H,3-7H2,1-2H3;3-8H,1-2H3;8H,3-7H2,1-2H3;2*3-7H,1-2H3;5*1-2H3;1H4. The Morgan fingerprint density at radius 3 is 1.20 bits per heavy atom. The molecule has 1 aromatic carbocycles. The van der Waals surface area contributed by atoms with Crippen LogP contribution in [0.25, 0.3) is 0 Å². The minimum atomic E-state index is -2.97. The first-order chi connectivity index (χ1) is 28.7. The number of nitrogens with zero attached hydrogens (tertiary/aromatic N) is 4. The molecule has 0 bridgehead atoms. The van der Waals surface area contributed by atoms with Crippen molar-refractivity contribution in [3.8, 4) is 0 Å². The molecule has 0 aliphatic carbocycles. The fourth-order valence-corrected chi connectivity index (χ4v) is 6.56. The van der Waals surface area contributed by atoms with Crippen molar-refractivity contribution >= 4 is 15.9 Å². The topological polar surface area (TPSA) is 83.5 Å². The van der Waals surface area contributed by atoms with Gasteiger partial charge in [0.15, 0.2) is 0 Å². The van der Waals surface area contributed by atoms with Crippen molar-refractivity contribution in [2.75, 3.05) is 26.2 Å². The lowest BCUT2D eigenvalue weighted by molar-refractivity contribution is -0.135. The van der Waals surface area contributed by atoms with E-state index in [1.165, 1.54) is 36.8 Å². The zero-order valence-electron chi connectivity index (χ0n) is 42.9. The van der Waals surface area contributed by atoms with Crippen LogP contribution in [0.4, 0.5) is 0 Å². The van der Waals surface area contributed by atoms with Crippen molar-refractivity contribution in [3.05, 3.63) is 96.1 Å². The summed E-state index contributed by atoms with van der Waals surface area (Å²) in [6, 6.07) is 20.6. The molecule has 0 atom stereocenters. The summed E-state index contributed by atoms with van der Waals surface area (Å²) in [4.78, 5) is 21.5. The van der Waals surface area contributed by atoms with Gasteiger partial charge in [-0.05, 0) is 99.1 Å². The number of rotatable bonds is 6. The van der Waals surface area contributed by atoms with E-state index in [9.17, 15) is 13.2 Å². The van der Waals surface area contributed by atoms with Gasteiger partial charge < -0.3 is 4.90 Å². The molecule has 0 radical (unpaired) electrons. The van der Waals surface area contributed by atoms with Crippen LogP contribution in [0.1, 0.15) is 219 Å². The van der Waals surface area contributed by atoms with E-state index in [1.54, 1.807) is 18.2 Å². The molecule has 61 heavy (non-hydrogen) atoms. The molecule has 0 N–H and O–H groups in total.